The van der Waals surface area contributed by atoms with Crippen LogP contribution in [0.5, 0.6) is 0 Å². The van der Waals surface area contributed by atoms with Crippen molar-refractivity contribution in [1.82, 2.24) is 0 Å². The summed E-state index contributed by atoms with van der Waals surface area (Å²) in [6.07, 6.45) is 0. The first kappa shape index (κ1) is 11.6. The lowest BCUT2D eigenvalue weighted by molar-refractivity contribution is 1.46. The zero-order chi connectivity index (χ0) is 9.97. The van der Waals surface area contributed by atoms with E-state index in [0.717, 1.165) is 5.69 Å². The minimum Gasteiger partial charge on any atom is -0.399 e. The van der Waals surface area contributed by atoms with Gasteiger partial charge in [0.25, 0.3) is 0 Å². The lowest BCUT2D eigenvalue weighted by Crippen LogP contribution is -1.85. The van der Waals surface area contributed by atoms with Crippen molar-refractivity contribution in [2.75, 3.05) is 5.73 Å². The number of hydrogen-bond acceptors (Lipinski definition) is 1. The summed E-state index contributed by atoms with van der Waals surface area (Å²) in [5.41, 5.74) is 10.2. The number of halogens is 1. The molecular formula is C13H14ClN. The Balaban J connectivity index is 0.00000112. The molecule has 2 rings (SSSR count). The summed E-state index contributed by atoms with van der Waals surface area (Å²) < 4.78 is 0. The SMILES string of the molecule is Cc1ccccc1-c1ccc(N)cc1.Cl. The molecule has 0 aliphatic rings. The number of aryl methyl sites for hydroxylation is 1. The average Bonchev–Trinajstić information content (AvgIpc) is 2.20. The van der Waals surface area contributed by atoms with Gasteiger partial charge < -0.3 is 5.73 Å². The van der Waals surface area contributed by atoms with Crippen molar-refractivity contribution in [2.24, 2.45) is 0 Å². The van der Waals surface area contributed by atoms with Crippen LogP contribution in [-0.4, -0.2) is 0 Å². The highest BCUT2D eigenvalue weighted by Gasteiger charge is 1.99. The summed E-state index contributed by atoms with van der Waals surface area (Å²) >= 11 is 0. The molecule has 0 spiro atoms. The van der Waals surface area contributed by atoms with Crippen LogP contribution in [0.15, 0.2) is 48.5 Å². The molecule has 0 saturated carbocycles. The van der Waals surface area contributed by atoms with Gasteiger partial charge in [0, 0.05) is 5.69 Å². The molecule has 0 heterocycles. The fourth-order valence-corrected chi connectivity index (χ4v) is 1.56. The summed E-state index contributed by atoms with van der Waals surface area (Å²) in [7, 11) is 0. The van der Waals surface area contributed by atoms with E-state index < -0.39 is 0 Å². The molecule has 1 nitrogen and oxygen atoms in total. The van der Waals surface area contributed by atoms with Gasteiger partial charge in [-0.3, -0.25) is 0 Å². The van der Waals surface area contributed by atoms with E-state index in [2.05, 4.69) is 43.3 Å². The van der Waals surface area contributed by atoms with E-state index in [1.54, 1.807) is 0 Å². The zero-order valence-corrected chi connectivity index (χ0v) is 9.42. The Morgan fingerprint density at radius 1 is 0.867 bits per heavy atom. The lowest BCUT2D eigenvalue weighted by Gasteiger charge is -2.05. The standard InChI is InChI=1S/C13H13N.ClH/c1-10-4-2-3-5-13(10)11-6-8-12(14)9-7-11;/h2-9H,14H2,1H3;1H. The molecule has 0 unspecified atom stereocenters. The summed E-state index contributed by atoms with van der Waals surface area (Å²) in [6.45, 7) is 2.12. The van der Waals surface area contributed by atoms with Gasteiger partial charge in [0.15, 0.2) is 0 Å². The molecule has 2 N–H and O–H groups in total. The number of anilines is 1. The third kappa shape index (κ3) is 2.51. The smallest absolute Gasteiger partial charge is 0.0314 e. The van der Waals surface area contributed by atoms with Crippen molar-refractivity contribution >= 4 is 18.1 Å². The molecule has 2 aromatic rings. The van der Waals surface area contributed by atoms with Crippen molar-refractivity contribution in [3.8, 4) is 11.1 Å². The maximum atomic E-state index is 5.64. The van der Waals surface area contributed by atoms with E-state index in [9.17, 15) is 0 Å². The van der Waals surface area contributed by atoms with Crippen molar-refractivity contribution in [1.29, 1.82) is 0 Å². The van der Waals surface area contributed by atoms with Gasteiger partial charge in [-0.05, 0) is 35.7 Å². The van der Waals surface area contributed by atoms with E-state index in [1.807, 2.05) is 12.1 Å². The summed E-state index contributed by atoms with van der Waals surface area (Å²) in [5, 5.41) is 0. The molecular weight excluding hydrogens is 206 g/mol. The molecule has 0 amide bonds. The normalized spacial score (nSPS) is 9.40. The molecule has 78 valence electrons. The maximum Gasteiger partial charge on any atom is 0.0314 e. The van der Waals surface area contributed by atoms with Crippen LogP contribution in [-0.2, 0) is 0 Å². The van der Waals surface area contributed by atoms with Gasteiger partial charge in [-0.2, -0.15) is 0 Å². The number of nitrogens with two attached hydrogens (primary N) is 1. The molecule has 0 aliphatic heterocycles. The second-order valence-electron chi connectivity index (χ2n) is 3.44. The molecule has 2 heteroatoms. The number of nitrogen functional groups attached to an aromatic ring is 1. The Hall–Kier alpha value is -1.47. The topological polar surface area (TPSA) is 26.0 Å². The Labute approximate surface area is 96.3 Å². The van der Waals surface area contributed by atoms with Crippen LogP contribution < -0.4 is 5.73 Å². The van der Waals surface area contributed by atoms with Crippen molar-refractivity contribution in [3.05, 3.63) is 54.1 Å². The number of benzene rings is 2. The van der Waals surface area contributed by atoms with Gasteiger partial charge >= 0.3 is 0 Å². The highest BCUT2D eigenvalue weighted by atomic mass is 35.5. The van der Waals surface area contributed by atoms with E-state index >= 15 is 0 Å². The highest BCUT2D eigenvalue weighted by Crippen LogP contribution is 2.23. The fraction of sp³-hybridized carbons (Fsp3) is 0.0769. The summed E-state index contributed by atoms with van der Waals surface area (Å²) in [4.78, 5) is 0. The minimum atomic E-state index is 0. The van der Waals surface area contributed by atoms with Gasteiger partial charge in [-0.15, -0.1) is 12.4 Å². The monoisotopic (exact) mass is 219 g/mol. The van der Waals surface area contributed by atoms with Crippen molar-refractivity contribution in [2.45, 2.75) is 6.92 Å². The molecule has 0 atom stereocenters. The molecule has 0 radical (unpaired) electrons. The molecule has 0 saturated heterocycles. The first-order valence-corrected chi connectivity index (χ1v) is 4.69. The predicted molar refractivity (Wildman–Crippen MR) is 68.3 cm³/mol. The van der Waals surface area contributed by atoms with Gasteiger partial charge in [0.2, 0.25) is 0 Å². The van der Waals surface area contributed by atoms with Gasteiger partial charge in [0.05, 0.1) is 0 Å². The fourth-order valence-electron chi connectivity index (χ4n) is 1.56. The van der Waals surface area contributed by atoms with Crippen molar-refractivity contribution < 1.29 is 0 Å². The molecule has 0 fully saturated rings. The predicted octanol–water partition coefficient (Wildman–Crippen LogP) is 3.67. The largest absolute Gasteiger partial charge is 0.399 e. The van der Waals surface area contributed by atoms with Crippen LogP contribution >= 0.6 is 12.4 Å². The van der Waals surface area contributed by atoms with Crippen LogP contribution in [0.4, 0.5) is 5.69 Å². The third-order valence-electron chi connectivity index (χ3n) is 2.37. The Morgan fingerprint density at radius 2 is 1.47 bits per heavy atom. The Kier molecular flexibility index (Phi) is 3.75. The van der Waals surface area contributed by atoms with Gasteiger partial charge in [-0.1, -0.05) is 36.4 Å². The molecule has 0 bridgehead atoms. The van der Waals surface area contributed by atoms with Gasteiger partial charge in [0.1, 0.15) is 0 Å². The van der Waals surface area contributed by atoms with Gasteiger partial charge in [-0.25, -0.2) is 0 Å². The average molecular weight is 220 g/mol. The van der Waals surface area contributed by atoms with E-state index in [0.29, 0.717) is 0 Å². The first-order chi connectivity index (χ1) is 6.77. The Bertz CT molecular complexity index is 435. The number of rotatable bonds is 1. The van der Waals surface area contributed by atoms with E-state index in [1.165, 1.54) is 16.7 Å². The van der Waals surface area contributed by atoms with Crippen LogP contribution in [0, 0.1) is 6.92 Å². The zero-order valence-electron chi connectivity index (χ0n) is 8.60. The molecule has 0 aromatic heterocycles. The second kappa shape index (κ2) is 4.85. The quantitative estimate of drug-likeness (QED) is 0.728. The maximum absolute atomic E-state index is 5.64. The second-order valence-corrected chi connectivity index (χ2v) is 3.44. The van der Waals surface area contributed by atoms with Crippen LogP contribution in [0.3, 0.4) is 0 Å². The summed E-state index contributed by atoms with van der Waals surface area (Å²) in [5.74, 6) is 0. The third-order valence-corrected chi connectivity index (χ3v) is 2.37. The molecule has 15 heavy (non-hydrogen) atoms. The van der Waals surface area contributed by atoms with E-state index in [-0.39, 0.29) is 12.4 Å². The Morgan fingerprint density at radius 3 is 2.07 bits per heavy atom. The van der Waals surface area contributed by atoms with Crippen LogP contribution in [0.1, 0.15) is 5.56 Å². The van der Waals surface area contributed by atoms with Crippen LogP contribution in [0.2, 0.25) is 0 Å². The van der Waals surface area contributed by atoms with E-state index in [4.69, 9.17) is 5.73 Å². The lowest BCUT2D eigenvalue weighted by atomic mass is 10.0. The first-order valence-electron chi connectivity index (χ1n) is 4.69. The minimum absolute atomic E-state index is 0. The van der Waals surface area contributed by atoms with Crippen molar-refractivity contribution in [3.63, 3.8) is 0 Å². The number of hydrogen-bond donors (Lipinski definition) is 1. The summed E-state index contributed by atoms with van der Waals surface area (Å²) in [6, 6.07) is 16.3. The molecule has 2 aromatic carbocycles. The highest BCUT2D eigenvalue weighted by molar-refractivity contribution is 5.85. The molecule has 0 aliphatic carbocycles. The van der Waals surface area contributed by atoms with Crippen LogP contribution in [0.25, 0.3) is 11.1 Å².